The number of thiazole rings is 1. The molecule has 0 aliphatic carbocycles. The van der Waals surface area contributed by atoms with Crippen LogP contribution in [0.15, 0.2) is 9.64 Å². The van der Waals surface area contributed by atoms with E-state index < -0.39 is 0 Å². The quantitative estimate of drug-likeness (QED) is 0.867. The Balaban J connectivity index is 1.85. The van der Waals surface area contributed by atoms with E-state index in [1.807, 2.05) is 13.8 Å². The van der Waals surface area contributed by atoms with Crippen LogP contribution in [0.4, 0.5) is 5.13 Å². The van der Waals surface area contributed by atoms with Crippen molar-refractivity contribution in [1.29, 1.82) is 0 Å². The third-order valence-corrected chi connectivity index (χ3v) is 3.92. The summed E-state index contributed by atoms with van der Waals surface area (Å²) in [6, 6.07) is 0. The predicted octanol–water partition coefficient (Wildman–Crippen LogP) is 2.18. The van der Waals surface area contributed by atoms with Crippen molar-refractivity contribution in [3.63, 3.8) is 0 Å². The number of thioether (sulfide) groups is 1. The molecule has 0 atom stereocenters. The van der Waals surface area contributed by atoms with Crippen molar-refractivity contribution < 1.29 is 9.21 Å². The Kier molecular flexibility index (Phi) is 3.97. The topological polar surface area (TPSA) is 80.9 Å². The van der Waals surface area contributed by atoms with Gasteiger partial charge >= 0.3 is 0 Å². The Morgan fingerprint density at radius 1 is 1.39 bits per heavy atom. The maximum absolute atomic E-state index is 11.7. The van der Waals surface area contributed by atoms with Crippen LogP contribution < -0.4 is 5.32 Å². The fraction of sp³-hybridized carbons (Fsp3) is 0.400. The Labute approximate surface area is 112 Å². The van der Waals surface area contributed by atoms with Crippen molar-refractivity contribution in [2.45, 2.75) is 26.0 Å². The summed E-state index contributed by atoms with van der Waals surface area (Å²) >= 11 is 2.67. The number of carbonyl (C=O) groups excluding carboxylic acids is 1. The standard InChI is InChI=1S/C10H12N4O2S2/c1-5-6(2)18-9(11-5)12-8(15)4-17-10-14-13-7(3)16-10/h4H2,1-3H3,(H,11,12,15). The summed E-state index contributed by atoms with van der Waals surface area (Å²) in [5, 5.41) is 11.2. The van der Waals surface area contributed by atoms with E-state index in [4.69, 9.17) is 4.42 Å². The molecule has 0 saturated heterocycles. The second-order valence-electron chi connectivity index (χ2n) is 3.58. The molecule has 0 radical (unpaired) electrons. The summed E-state index contributed by atoms with van der Waals surface area (Å²) in [4.78, 5) is 17.0. The summed E-state index contributed by atoms with van der Waals surface area (Å²) in [6.45, 7) is 5.59. The van der Waals surface area contributed by atoms with Crippen LogP contribution in [0.1, 0.15) is 16.5 Å². The largest absolute Gasteiger partial charge is 0.416 e. The van der Waals surface area contributed by atoms with E-state index in [1.54, 1.807) is 6.92 Å². The number of nitrogens with zero attached hydrogens (tertiary/aromatic N) is 3. The number of rotatable bonds is 4. The minimum atomic E-state index is -0.135. The van der Waals surface area contributed by atoms with Crippen LogP contribution in [0.3, 0.4) is 0 Å². The molecule has 0 aliphatic rings. The van der Waals surface area contributed by atoms with Crippen molar-refractivity contribution in [2.24, 2.45) is 0 Å². The molecule has 96 valence electrons. The van der Waals surface area contributed by atoms with Crippen LogP contribution in [0, 0.1) is 20.8 Å². The summed E-state index contributed by atoms with van der Waals surface area (Å²) in [5.41, 5.74) is 0.940. The molecule has 0 aromatic carbocycles. The van der Waals surface area contributed by atoms with Crippen LogP contribution in [0.25, 0.3) is 0 Å². The van der Waals surface area contributed by atoms with Gasteiger partial charge in [0.05, 0.1) is 11.4 Å². The first-order valence-electron chi connectivity index (χ1n) is 5.21. The van der Waals surface area contributed by atoms with E-state index >= 15 is 0 Å². The fourth-order valence-corrected chi connectivity index (χ4v) is 2.58. The summed E-state index contributed by atoms with van der Waals surface area (Å²) in [5.74, 6) is 0.577. The fourth-order valence-electron chi connectivity index (χ4n) is 1.15. The van der Waals surface area contributed by atoms with Gasteiger partial charge in [-0.1, -0.05) is 11.8 Å². The van der Waals surface area contributed by atoms with Gasteiger partial charge in [0.25, 0.3) is 5.22 Å². The zero-order chi connectivity index (χ0) is 13.1. The monoisotopic (exact) mass is 284 g/mol. The lowest BCUT2D eigenvalue weighted by molar-refractivity contribution is -0.113. The van der Waals surface area contributed by atoms with E-state index in [1.165, 1.54) is 23.1 Å². The zero-order valence-corrected chi connectivity index (χ0v) is 11.8. The van der Waals surface area contributed by atoms with E-state index in [2.05, 4.69) is 20.5 Å². The van der Waals surface area contributed by atoms with Crippen LogP contribution in [-0.4, -0.2) is 26.8 Å². The summed E-state index contributed by atoms with van der Waals surface area (Å²) in [6.07, 6.45) is 0. The van der Waals surface area contributed by atoms with Gasteiger partial charge in [-0.2, -0.15) is 0 Å². The molecular weight excluding hydrogens is 272 g/mol. The number of hydrogen-bond donors (Lipinski definition) is 1. The van der Waals surface area contributed by atoms with Crippen LogP contribution >= 0.6 is 23.1 Å². The second kappa shape index (κ2) is 5.49. The lowest BCUT2D eigenvalue weighted by Gasteiger charge is -1.98. The highest BCUT2D eigenvalue weighted by Gasteiger charge is 2.10. The number of aryl methyl sites for hydroxylation is 3. The second-order valence-corrected chi connectivity index (χ2v) is 5.71. The van der Waals surface area contributed by atoms with Crippen LogP contribution in [-0.2, 0) is 4.79 Å². The molecular formula is C10H12N4O2S2. The average molecular weight is 284 g/mol. The highest BCUT2D eigenvalue weighted by atomic mass is 32.2. The molecule has 0 bridgehead atoms. The normalized spacial score (nSPS) is 10.6. The number of anilines is 1. The minimum absolute atomic E-state index is 0.135. The molecule has 1 amide bonds. The molecule has 2 aromatic heterocycles. The highest BCUT2D eigenvalue weighted by molar-refractivity contribution is 7.99. The number of carbonyl (C=O) groups is 1. The minimum Gasteiger partial charge on any atom is -0.416 e. The molecule has 18 heavy (non-hydrogen) atoms. The molecule has 0 spiro atoms. The average Bonchev–Trinajstić information content (AvgIpc) is 2.84. The van der Waals surface area contributed by atoms with Gasteiger partial charge in [-0.25, -0.2) is 4.98 Å². The van der Waals surface area contributed by atoms with Gasteiger partial charge in [0.1, 0.15) is 0 Å². The van der Waals surface area contributed by atoms with Crippen molar-refractivity contribution in [3.05, 3.63) is 16.5 Å². The lowest BCUT2D eigenvalue weighted by Crippen LogP contribution is -2.13. The molecule has 2 heterocycles. The van der Waals surface area contributed by atoms with Crippen molar-refractivity contribution in [1.82, 2.24) is 15.2 Å². The van der Waals surface area contributed by atoms with Gasteiger partial charge in [-0.3, -0.25) is 4.79 Å². The Hall–Kier alpha value is -1.41. The number of hydrogen-bond acceptors (Lipinski definition) is 7. The molecule has 6 nitrogen and oxygen atoms in total. The van der Waals surface area contributed by atoms with E-state index in [-0.39, 0.29) is 11.7 Å². The van der Waals surface area contributed by atoms with Gasteiger partial charge in [0.2, 0.25) is 11.8 Å². The van der Waals surface area contributed by atoms with Gasteiger partial charge in [-0.05, 0) is 13.8 Å². The molecule has 0 aliphatic heterocycles. The SMILES string of the molecule is Cc1nnc(SCC(=O)Nc2nc(C)c(C)s2)o1. The van der Waals surface area contributed by atoms with Crippen LogP contribution in [0.5, 0.6) is 0 Å². The number of amides is 1. The first-order chi connectivity index (χ1) is 8.54. The molecule has 2 aromatic rings. The van der Waals surface area contributed by atoms with Gasteiger partial charge in [-0.15, -0.1) is 21.5 Å². The van der Waals surface area contributed by atoms with E-state index in [0.29, 0.717) is 16.2 Å². The molecule has 0 saturated carbocycles. The lowest BCUT2D eigenvalue weighted by atomic mass is 10.4. The van der Waals surface area contributed by atoms with Crippen molar-refractivity contribution in [2.75, 3.05) is 11.1 Å². The first-order valence-corrected chi connectivity index (χ1v) is 7.01. The summed E-state index contributed by atoms with van der Waals surface area (Å²) in [7, 11) is 0. The zero-order valence-electron chi connectivity index (χ0n) is 10.2. The molecule has 2 rings (SSSR count). The van der Waals surface area contributed by atoms with Crippen LogP contribution in [0.2, 0.25) is 0 Å². The van der Waals surface area contributed by atoms with Crippen molar-refractivity contribution in [3.8, 4) is 0 Å². The van der Waals surface area contributed by atoms with Gasteiger partial charge in [0, 0.05) is 11.8 Å². The third kappa shape index (κ3) is 3.30. The molecule has 8 heteroatoms. The maximum atomic E-state index is 11.7. The Bertz CT molecular complexity index is 544. The molecule has 1 N–H and O–H groups in total. The van der Waals surface area contributed by atoms with Gasteiger partial charge < -0.3 is 9.73 Å². The Morgan fingerprint density at radius 3 is 2.72 bits per heavy atom. The first kappa shape index (κ1) is 13.0. The molecule has 0 unspecified atom stereocenters. The third-order valence-electron chi connectivity index (χ3n) is 2.11. The predicted molar refractivity (Wildman–Crippen MR) is 70.0 cm³/mol. The highest BCUT2D eigenvalue weighted by Crippen LogP contribution is 2.22. The molecule has 0 fully saturated rings. The smallest absolute Gasteiger partial charge is 0.277 e. The number of aromatic nitrogens is 3. The maximum Gasteiger partial charge on any atom is 0.277 e. The summed E-state index contributed by atoms with van der Waals surface area (Å²) < 4.78 is 5.16. The Morgan fingerprint density at radius 2 is 2.17 bits per heavy atom. The number of nitrogens with one attached hydrogen (secondary N) is 1. The van der Waals surface area contributed by atoms with Crippen molar-refractivity contribution >= 4 is 34.1 Å². The van der Waals surface area contributed by atoms with E-state index in [9.17, 15) is 4.79 Å². The van der Waals surface area contributed by atoms with E-state index in [0.717, 1.165) is 10.6 Å². The van der Waals surface area contributed by atoms with Gasteiger partial charge in [0.15, 0.2) is 5.13 Å².